The lowest BCUT2D eigenvalue weighted by molar-refractivity contribution is 0.0691. The summed E-state index contributed by atoms with van der Waals surface area (Å²) in [6.07, 6.45) is 0. The second-order valence-corrected chi connectivity index (χ2v) is 4.86. The van der Waals surface area contributed by atoms with Crippen LogP contribution in [0.2, 0.25) is 0 Å². The van der Waals surface area contributed by atoms with E-state index in [0.717, 1.165) is 11.3 Å². The van der Waals surface area contributed by atoms with Gasteiger partial charge in [0.1, 0.15) is 5.00 Å². The number of imide groups is 1. The minimum absolute atomic E-state index is 0.0870. The highest BCUT2D eigenvalue weighted by Gasteiger charge is 2.26. The van der Waals surface area contributed by atoms with Crippen LogP contribution in [0.1, 0.15) is 31.2 Å². The van der Waals surface area contributed by atoms with E-state index in [1.54, 1.807) is 6.07 Å². The van der Waals surface area contributed by atoms with Crippen molar-refractivity contribution in [1.82, 2.24) is 10.3 Å². The molecule has 1 aromatic heterocycles. The number of fused-ring (bicyclic) bond motifs is 1. The lowest BCUT2D eigenvalue weighted by Gasteiger charge is -2.05. The average molecular weight is 289 g/mol. The number of carbonyl (C=O) groups is 3. The first-order valence-corrected chi connectivity index (χ1v) is 6.38. The second kappa shape index (κ2) is 4.42. The van der Waals surface area contributed by atoms with Gasteiger partial charge in [-0.25, -0.2) is 9.78 Å². The molecule has 0 spiro atoms. The van der Waals surface area contributed by atoms with Crippen molar-refractivity contribution in [2.24, 2.45) is 0 Å². The van der Waals surface area contributed by atoms with Crippen molar-refractivity contribution in [3.63, 3.8) is 0 Å². The third kappa shape index (κ3) is 1.91. The van der Waals surface area contributed by atoms with Gasteiger partial charge in [0.2, 0.25) is 0 Å². The molecule has 2 heterocycles. The number of anilines is 2. The van der Waals surface area contributed by atoms with Crippen LogP contribution in [0.3, 0.4) is 0 Å². The van der Waals surface area contributed by atoms with Gasteiger partial charge in [0, 0.05) is 5.69 Å². The Bertz CT molecular complexity index is 753. The first-order chi connectivity index (χ1) is 9.56. The molecule has 100 valence electrons. The zero-order valence-corrected chi connectivity index (χ0v) is 10.7. The van der Waals surface area contributed by atoms with E-state index in [4.69, 9.17) is 5.11 Å². The Labute approximate surface area is 116 Å². The third-order valence-corrected chi connectivity index (χ3v) is 3.51. The summed E-state index contributed by atoms with van der Waals surface area (Å²) in [5.41, 5.74) is 2.41. The van der Waals surface area contributed by atoms with Crippen LogP contribution in [0.5, 0.6) is 0 Å². The molecule has 1 aliphatic heterocycles. The molecule has 2 aromatic rings. The van der Waals surface area contributed by atoms with Crippen LogP contribution >= 0.6 is 11.3 Å². The maximum Gasteiger partial charge on any atom is 0.357 e. The summed E-state index contributed by atoms with van der Waals surface area (Å²) in [5, 5.41) is 14.4. The highest BCUT2D eigenvalue weighted by molar-refractivity contribution is 7.14. The van der Waals surface area contributed by atoms with E-state index >= 15 is 0 Å². The van der Waals surface area contributed by atoms with E-state index < -0.39 is 17.8 Å². The molecule has 0 radical (unpaired) electrons. The predicted octanol–water partition coefficient (Wildman–Crippen LogP) is 1.47. The van der Waals surface area contributed by atoms with E-state index in [1.807, 2.05) is 0 Å². The van der Waals surface area contributed by atoms with Crippen molar-refractivity contribution in [1.29, 1.82) is 0 Å². The summed E-state index contributed by atoms with van der Waals surface area (Å²) >= 11 is 1.14. The van der Waals surface area contributed by atoms with Gasteiger partial charge in [-0.1, -0.05) is 0 Å². The first kappa shape index (κ1) is 12.3. The number of nitrogens with one attached hydrogen (secondary N) is 2. The monoisotopic (exact) mass is 289 g/mol. The molecular weight excluding hydrogens is 282 g/mol. The van der Waals surface area contributed by atoms with Crippen molar-refractivity contribution < 1.29 is 19.5 Å². The summed E-state index contributed by atoms with van der Waals surface area (Å²) in [5.74, 6) is -2.03. The van der Waals surface area contributed by atoms with Gasteiger partial charge in [-0.15, -0.1) is 11.3 Å². The molecule has 0 saturated carbocycles. The number of benzene rings is 1. The number of thiazole rings is 1. The van der Waals surface area contributed by atoms with E-state index in [0.29, 0.717) is 16.3 Å². The number of aromatic carboxylic acids is 1. The van der Waals surface area contributed by atoms with Crippen LogP contribution in [-0.4, -0.2) is 27.9 Å². The summed E-state index contributed by atoms with van der Waals surface area (Å²) in [4.78, 5) is 37.6. The van der Waals surface area contributed by atoms with Crippen LogP contribution in [0.4, 0.5) is 10.7 Å². The molecule has 0 aliphatic carbocycles. The Morgan fingerprint density at radius 3 is 2.75 bits per heavy atom. The van der Waals surface area contributed by atoms with Gasteiger partial charge >= 0.3 is 5.97 Å². The predicted molar refractivity (Wildman–Crippen MR) is 70.6 cm³/mol. The van der Waals surface area contributed by atoms with Crippen LogP contribution < -0.4 is 10.6 Å². The number of carboxylic acid groups (broad SMARTS) is 1. The molecule has 0 bridgehead atoms. The van der Waals surface area contributed by atoms with Crippen LogP contribution in [0.15, 0.2) is 23.7 Å². The molecule has 2 amide bonds. The van der Waals surface area contributed by atoms with Gasteiger partial charge in [-0.2, -0.15) is 0 Å². The van der Waals surface area contributed by atoms with Crippen molar-refractivity contribution in [3.05, 3.63) is 40.5 Å². The van der Waals surface area contributed by atoms with E-state index in [1.165, 1.54) is 17.6 Å². The number of hydrogen-bond acceptors (Lipinski definition) is 6. The SMILES string of the molecule is O=C1NC(=O)c2cc(Nc3scnc3C(=O)O)ccc21. The number of carbonyl (C=O) groups excluding carboxylic acids is 2. The standard InChI is InChI=1S/C12H7N3O4S/c16-9-6-2-1-5(3-7(6)10(17)15-9)14-11-8(12(18)19)13-4-20-11/h1-4,14H,(H,18,19)(H,15,16,17). The first-order valence-electron chi connectivity index (χ1n) is 5.50. The molecule has 7 nitrogen and oxygen atoms in total. The highest BCUT2D eigenvalue weighted by Crippen LogP contribution is 2.27. The maximum atomic E-state index is 11.5. The minimum atomic E-state index is -1.14. The Morgan fingerprint density at radius 1 is 1.25 bits per heavy atom. The average Bonchev–Trinajstić information content (AvgIpc) is 2.96. The Morgan fingerprint density at radius 2 is 2.00 bits per heavy atom. The van der Waals surface area contributed by atoms with Crippen molar-refractivity contribution in [3.8, 4) is 0 Å². The third-order valence-electron chi connectivity index (χ3n) is 2.76. The number of amides is 2. The van der Waals surface area contributed by atoms with E-state index in [-0.39, 0.29) is 11.3 Å². The van der Waals surface area contributed by atoms with E-state index in [9.17, 15) is 14.4 Å². The molecular formula is C12H7N3O4S. The topological polar surface area (TPSA) is 108 Å². The molecule has 0 fully saturated rings. The number of carboxylic acids is 1. The van der Waals surface area contributed by atoms with Crippen LogP contribution in [-0.2, 0) is 0 Å². The Kier molecular flexibility index (Phi) is 2.72. The lowest BCUT2D eigenvalue weighted by Crippen LogP contribution is -2.19. The van der Waals surface area contributed by atoms with Gasteiger partial charge in [0.05, 0.1) is 16.6 Å². The maximum absolute atomic E-state index is 11.5. The summed E-state index contributed by atoms with van der Waals surface area (Å²) in [6.45, 7) is 0. The van der Waals surface area contributed by atoms with Crippen LogP contribution in [0.25, 0.3) is 0 Å². The van der Waals surface area contributed by atoms with Crippen LogP contribution in [0, 0.1) is 0 Å². The fraction of sp³-hybridized carbons (Fsp3) is 0. The Balaban J connectivity index is 1.95. The van der Waals surface area contributed by atoms with Gasteiger partial charge < -0.3 is 10.4 Å². The molecule has 8 heteroatoms. The smallest absolute Gasteiger partial charge is 0.357 e. The number of aromatic nitrogens is 1. The summed E-state index contributed by atoms with van der Waals surface area (Å²) < 4.78 is 0. The van der Waals surface area contributed by atoms with Crippen molar-refractivity contribution in [2.75, 3.05) is 5.32 Å². The second-order valence-electron chi connectivity index (χ2n) is 4.00. The van der Waals surface area contributed by atoms with Gasteiger partial charge in [0.15, 0.2) is 5.69 Å². The number of hydrogen-bond donors (Lipinski definition) is 3. The summed E-state index contributed by atoms with van der Waals surface area (Å²) in [6, 6.07) is 4.61. The Hall–Kier alpha value is -2.74. The molecule has 3 rings (SSSR count). The molecule has 0 saturated heterocycles. The zero-order chi connectivity index (χ0) is 14.3. The fourth-order valence-electron chi connectivity index (χ4n) is 1.86. The largest absolute Gasteiger partial charge is 0.476 e. The van der Waals surface area contributed by atoms with Gasteiger partial charge in [-0.05, 0) is 18.2 Å². The van der Waals surface area contributed by atoms with Gasteiger partial charge in [0.25, 0.3) is 11.8 Å². The summed E-state index contributed by atoms with van der Waals surface area (Å²) in [7, 11) is 0. The van der Waals surface area contributed by atoms with E-state index in [2.05, 4.69) is 15.6 Å². The highest BCUT2D eigenvalue weighted by atomic mass is 32.1. The fourth-order valence-corrected chi connectivity index (χ4v) is 2.56. The van der Waals surface area contributed by atoms with Crippen molar-refractivity contribution >= 4 is 39.8 Å². The lowest BCUT2D eigenvalue weighted by atomic mass is 10.1. The molecule has 1 aromatic carbocycles. The molecule has 0 unspecified atom stereocenters. The number of rotatable bonds is 3. The molecule has 20 heavy (non-hydrogen) atoms. The minimum Gasteiger partial charge on any atom is -0.476 e. The molecule has 3 N–H and O–H groups in total. The zero-order valence-electron chi connectivity index (χ0n) is 9.84. The molecule has 1 aliphatic rings. The number of nitrogens with zero attached hydrogens (tertiary/aromatic N) is 1. The molecule has 0 atom stereocenters. The normalized spacial score (nSPS) is 13.0. The van der Waals surface area contributed by atoms with Crippen molar-refractivity contribution in [2.45, 2.75) is 0 Å². The van der Waals surface area contributed by atoms with Gasteiger partial charge in [-0.3, -0.25) is 14.9 Å². The quantitative estimate of drug-likeness (QED) is 0.738.